The van der Waals surface area contributed by atoms with Gasteiger partial charge in [0.1, 0.15) is 0 Å². The molecule has 3 nitrogen and oxygen atoms in total. The van der Waals surface area contributed by atoms with Crippen molar-refractivity contribution in [1.82, 2.24) is 5.32 Å². The molecule has 5 aromatic carbocycles. The molecule has 0 aliphatic carbocycles. The minimum atomic E-state index is -0.0225. The topological polar surface area (TPSA) is 61.9 Å². The van der Waals surface area contributed by atoms with Crippen LogP contribution in [-0.2, 0) is 6.54 Å². The number of rotatable bonds is 5. The van der Waals surface area contributed by atoms with Crippen molar-refractivity contribution in [3.05, 3.63) is 121 Å². The molecule has 0 aliphatic rings. The van der Waals surface area contributed by atoms with Gasteiger partial charge in [0.05, 0.1) is 0 Å². The van der Waals surface area contributed by atoms with E-state index in [1.54, 1.807) is 0 Å². The third kappa shape index (κ3) is 4.35. The second-order valence-electron chi connectivity index (χ2n) is 8.11. The van der Waals surface area contributed by atoms with Gasteiger partial charge in [-0.1, -0.05) is 103 Å². The molecule has 0 saturated heterocycles. The van der Waals surface area contributed by atoms with Gasteiger partial charge >= 0.3 is 0 Å². The lowest BCUT2D eigenvalue weighted by Crippen LogP contribution is -2.29. The molecular weight excluding hydrogens is 402 g/mol. The summed E-state index contributed by atoms with van der Waals surface area (Å²) in [5, 5.41) is 12.8. The first-order valence-electron chi connectivity index (χ1n) is 11.0. The summed E-state index contributed by atoms with van der Waals surface area (Å²) in [6.45, 7) is 0.524. The first kappa shape index (κ1) is 20.5. The van der Waals surface area contributed by atoms with Gasteiger partial charge in [0.15, 0.2) is 5.96 Å². The third-order valence-electron chi connectivity index (χ3n) is 5.96. The van der Waals surface area contributed by atoms with Gasteiger partial charge in [-0.2, -0.15) is 0 Å². The summed E-state index contributed by atoms with van der Waals surface area (Å²) in [5.74, 6) is -0.0225. The van der Waals surface area contributed by atoms with Crippen molar-refractivity contribution in [3.8, 4) is 33.4 Å². The summed E-state index contributed by atoms with van der Waals surface area (Å²) in [5.41, 5.74) is 13.8. The Balaban J connectivity index is 1.56. The molecule has 0 amide bonds. The van der Waals surface area contributed by atoms with Crippen LogP contribution in [-0.4, -0.2) is 5.96 Å². The standard InChI is InChI=1S/C30H25N3/c31-30(32)33-20-26-10-4-5-14-27(26)25-16-17-29-24(19-25)13-7-15-28(29)23-12-6-11-22(18-23)21-8-2-1-3-9-21/h1-19H,20H2,(H4,31,32,33). The summed E-state index contributed by atoms with van der Waals surface area (Å²) in [6, 6.07) is 40.6. The molecule has 5 aromatic rings. The van der Waals surface area contributed by atoms with E-state index in [9.17, 15) is 0 Å². The first-order chi connectivity index (χ1) is 16.2. The van der Waals surface area contributed by atoms with Crippen LogP contribution in [0.25, 0.3) is 44.2 Å². The van der Waals surface area contributed by atoms with Gasteiger partial charge in [0.2, 0.25) is 0 Å². The molecule has 0 heterocycles. The molecule has 0 aromatic heterocycles. The maximum absolute atomic E-state index is 7.47. The van der Waals surface area contributed by atoms with Gasteiger partial charge in [-0.05, 0) is 61.8 Å². The smallest absolute Gasteiger partial charge is 0.185 e. The summed E-state index contributed by atoms with van der Waals surface area (Å²) in [7, 11) is 0. The number of hydrogen-bond acceptors (Lipinski definition) is 1. The molecule has 0 saturated carbocycles. The molecule has 0 aliphatic heterocycles. The molecule has 0 unspecified atom stereocenters. The number of nitrogens with one attached hydrogen (secondary N) is 2. The fraction of sp³-hybridized carbons (Fsp3) is 0.0333. The molecule has 5 rings (SSSR count). The van der Waals surface area contributed by atoms with Crippen LogP contribution in [0, 0.1) is 5.41 Å². The van der Waals surface area contributed by atoms with Gasteiger partial charge in [-0.25, -0.2) is 0 Å². The Morgan fingerprint density at radius 1 is 0.606 bits per heavy atom. The highest BCUT2D eigenvalue weighted by Gasteiger charge is 2.09. The van der Waals surface area contributed by atoms with E-state index in [0.717, 1.165) is 16.7 Å². The average molecular weight is 428 g/mol. The molecule has 0 spiro atoms. The maximum Gasteiger partial charge on any atom is 0.185 e. The average Bonchev–Trinajstić information content (AvgIpc) is 2.87. The molecule has 0 atom stereocenters. The summed E-state index contributed by atoms with van der Waals surface area (Å²) in [4.78, 5) is 0. The van der Waals surface area contributed by atoms with E-state index in [4.69, 9.17) is 11.1 Å². The highest BCUT2D eigenvalue weighted by Crippen LogP contribution is 2.34. The Labute approximate surface area is 194 Å². The van der Waals surface area contributed by atoms with Crippen LogP contribution >= 0.6 is 0 Å². The van der Waals surface area contributed by atoms with Crippen LogP contribution in [0.5, 0.6) is 0 Å². The number of nitrogens with two attached hydrogens (primary N) is 1. The SMILES string of the molecule is N=C(N)NCc1ccccc1-c1ccc2c(-c3cccc(-c4ccccc4)c3)cccc2c1. The number of guanidine groups is 1. The third-order valence-corrected chi connectivity index (χ3v) is 5.96. The van der Waals surface area contributed by atoms with Crippen molar-refractivity contribution in [1.29, 1.82) is 5.41 Å². The van der Waals surface area contributed by atoms with E-state index >= 15 is 0 Å². The Morgan fingerprint density at radius 3 is 2.12 bits per heavy atom. The molecular formula is C30H25N3. The Hall–Kier alpha value is -4.37. The largest absolute Gasteiger partial charge is 0.370 e. The van der Waals surface area contributed by atoms with E-state index in [1.807, 2.05) is 18.2 Å². The van der Waals surface area contributed by atoms with E-state index in [-0.39, 0.29) is 5.96 Å². The number of hydrogen-bond donors (Lipinski definition) is 3. The minimum Gasteiger partial charge on any atom is -0.370 e. The Bertz CT molecular complexity index is 1440. The quantitative estimate of drug-likeness (QED) is 0.213. The van der Waals surface area contributed by atoms with Crippen LogP contribution in [0.2, 0.25) is 0 Å². The van der Waals surface area contributed by atoms with Crippen LogP contribution in [0.3, 0.4) is 0 Å². The van der Waals surface area contributed by atoms with Crippen molar-refractivity contribution < 1.29 is 0 Å². The Kier molecular flexibility index (Phi) is 5.61. The number of fused-ring (bicyclic) bond motifs is 1. The predicted octanol–water partition coefficient (Wildman–Crippen LogP) is 6.82. The second-order valence-corrected chi connectivity index (χ2v) is 8.11. The fourth-order valence-corrected chi connectivity index (χ4v) is 4.35. The number of benzene rings is 5. The van der Waals surface area contributed by atoms with E-state index in [1.165, 1.54) is 33.0 Å². The zero-order valence-corrected chi connectivity index (χ0v) is 18.3. The first-order valence-corrected chi connectivity index (χ1v) is 11.0. The highest BCUT2D eigenvalue weighted by atomic mass is 15.0. The van der Waals surface area contributed by atoms with Crippen molar-refractivity contribution in [3.63, 3.8) is 0 Å². The van der Waals surface area contributed by atoms with Crippen LogP contribution in [0.15, 0.2) is 115 Å². The van der Waals surface area contributed by atoms with Crippen LogP contribution in [0.4, 0.5) is 0 Å². The van der Waals surface area contributed by atoms with E-state index in [2.05, 4.69) is 102 Å². The minimum absolute atomic E-state index is 0.0225. The highest BCUT2D eigenvalue weighted by molar-refractivity contribution is 5.99. The summed E-state index contributed by atoms with van der Waals surface area (Å²) in [6.07, 6.45) is 0. The molecule has 33 heavy (non-hydrogen) atoms. The summed E-state index contributed by atoms with van der Waals surface area (Å²) >= 11 is 0. The molecule has 4 N–H and O–H groups in total. The van der Waals surface area contributed by atoms with Gasteiger partial charge in [-0.15, -0.1) is 0 Å². The molecule has 3 heteroatoms. The molecule has 0 fully saturated rings. The summed E-state index contributed by atoms with van der Waals surface area (Å²) < 4.78 is 0. The lowest BCUT2D eigenvalue weighted by atomic mass is 9.92. The second kappa shape index (κ2) is 9.01. The van der Waals surface area contributed by atoms with Crippen LogP contribution < -0.4 is 11.1 Å². The van der Waals surface area contributed by atoms with Crippen molar-refractivity contribution in [2.75, 3.05) is 0 Å². The zero-order chi connectivity index (χ0) is 22.6. The lowest BCUT2D eigenvalue weighted by Gasteiger charge is -2.13. The van der Waals surface area contributed by atoms with Crippen molar-refractivity contribution in [2.45, 2.75) is 6.54 Å². The van der Waals surface area contributed by atoms with E-state index < -0.39 is 0 Å². The molecule has 160 valence electrons. The maximum atomic E-state index is 7.47. The Morgan fingerprint density at radius 2 is 1.27 bits per heavy atom. The molecule has 0 radical (unpaired) electrons. The predicted molar refractivity (Wildman–Crippen MR) is 139 cm³/mol. The molecule has 0 bridgehead atoms. The fourth-order valence-electron chi connectivity index (χ4n) is 4.35. The van der Waals surface area contributed by atoms with Crippen LogP contribution in [0.1, 0.15) is 5.56 Å². The zero-order valence-electron chi connectivity index (χ0n) is 18.3. The van der Waals surface area contributed by atoms with Crippen molar-refractivity contribution >= 4 is 16.7 Å². The van der Waals surface area contributed by atoms with Gasteiger partial charge in [0.25, 0.3) is 0 Å². The van der Waals surface area contributed by atoms with Gasteiger partial charge in [0, 0.05) is 6.54 Å². The lowest BCUT2D eigenvalue weighted by molar-refractivity contribution is 0.898. The van der Waals surface area contributed by atoms with E-state index in [0.29, 0.717) is 6.54 Å². The normalized spacial score (nSPS) is 10.8. The monoisotopic (exact) mass is 427 g/mol. The van der Waals surface area contributed by atoms with Crippen molar-refractivity contribution in [2.24, 2.45) is 5.73 Å². The van der Waals surface area contributed by atoms with Gasteiger partial charge in [-0.3, -0.25) is 5.41 Å². The van der Waals surface area contributed by atoms with Gasteiger partial charge < -0.3 is 11.1 Å².